The second kappa shape index (κ2) is 2.12. The van der Waals surface area contributed by atoms with E-state index in [4.69, 9.17) is 0 Å². The van der Waals surface area contributed by atoms with Crippen molar-refractivity contribution in [1.29, 1.82) is 0 Å². The maximum Gasteiger partial charge on any atom is 0.0192 e. The highest BCUT2D eigenvalue weighted by Gasteiger charge is 1.80. The summed E-state index contributed by atoms with van der Waals surface area (Å²) in [5.74, 6) is 2.30. The molecule has 1 rings (SSSR count). The lowest BCUT2D eigenvalue weighted by Gasteiger charge is -1.90. The molecule has 0 aromatic rings. The van der Waals surface area contributed by atoms with Crippen LogP contribution >= 0.6 is 11.8 Å². The molecule has 0 nitrogen and oxygen atoms in total. The molecule has 1 heterocycles. The number of thioether (sulfide) groups is 1. The molecule has 0 saturated carbocycles. The van der Waals surface area contributed by atoms with Crippen molar-refractivity contribution in [3.05, 3.63) is 17.9 Å². The molecule has 0 aromatic heterocycles. The van der Waals surface area contributed by atoms with Crippen molar-refractivity contribution >= 4 is 11.8 Å². The molecule has 0 N–H and O–H groups in total. The van der Waals surface area contributed by atoms with E-state index in [1.54, 1.807) is 0 Å². The monoisotopic (exact) mass is 98.0 g/mol. The third-order valence-corrected chi connectivity index (χ3v) is 1.44. The van der Waals surface area contributed by atoms with Crippen LogP contribution in [0.5, 0.6) is 0 Å². The van der Waals surface area contributed by atoms with Crippen molar-refractivity contribution < 1.29 is 0 Å². The Labute approximate surface area is 41.9 Å². The molecule has 0 spiro atoms. The fraction of sp³-hybridized carbons (Fsp3) is 0.400. The summed E-state index contributed by atoms with van der Waals surface area (Å²) in [4.78, 5) is 0. The van der Waals surface area contributed by atoms with Crippen molar-refractivity contribution in [2.75, 3.05) is 11.5 Å². The summed E-state index contributed by atoms with van der Waals surface area (Å²) in [6.45, 7) is 0. The van der Waals surface area contributed by atoms with Gasteiger partial charge in [-0.1, -0.05) is 0 Å². The van der Waals surface area contributed by atoms with Crippen LogP contribution in [0.4, 0.5) is 0 Å². The van der Waals surface area contributed by atoms with Crippen molar-refractivity contribution in [2.24, 2.45) is 0 Å². The number of hydrogen-bond acceptors (Lipinski definition) is 1. The molecule has 1 aliphatic rings. The van der Waals surface area contributed by atoms with E-state index in [1.165, 1.54) is 0 Å². The van der Waals surface area contributed by atoms with Gasteiger partial charge in [0, 0.05) is 11.5 Å². The van der Waals surface area contributed by atoms with Gasteiger partial charge in [0.2, 0.25) is 0 Å². The predicted octanol–water partition coefficient (Wildman–Crippen LogP) is 1.44. The van der Waals surface area contributed by atoms with Gasteiger partial charge in [-0.15, -0.1) is 5.73 Å². The Morgan fingerprint density at radius 1 is 1.33 bits per heavy atom. The normalized spacial score (nSPS) is 18.7. The van der Waals surface area contributed by atoms with E-state index in [9.17, 15) is 0 Å². The highest BCUT2D eigenvalue weighted by atomic mass is 32.2. The zero-order valence-electron chi connectivity index (χ0n) is 3.48. The summed E-state index contributed by atoms with van der Waals surface area (Å²) in [6.07, 6.45) is 4.10. The molecule has 0 aromatic carbocycles. The van der Waals surface area contributed by atoms with Crippen LogP contribution in [0.25, 0.3) is 0 Å². The molecule has 0 fully saturated rings. The first kappa shape index (κ1) is 4.04. The van der Waals surface area contributed by atoms with E-state index in [1.807, 2.05) is 23.9 Å². The second-order valence-corrected chi connectivity index (χ2v) is 2.19. The highest BCUT2D eigenvalue weighted by molar-refractivity contribution is 7.99. The van der Waals surface area contributed by atoms with E-state index in [0.29, 0.717) is 0 Å². The van der Waals surface area contributed by atoms with Crippen LogP contribution in [0.15, 0.2) is 17.9 Å². The molecule has 1 aliphatic heterocycles. The number of rotatable bonds is 0. The molecular weight excluding hydrogens is 92.1 g/mol. The maximum absolute atomic E-state index is 3.01. The van der Waals surface area contributed by atoms with Crippen LogP contribution in [-0.2, 0) is 0 Å². The van der Waals surface area contributed by atoms with Gasteiger partial charge in [0.05, 0.1) is 0 Å². The zero-order valence-corrected chi connectivity index (χ0v) is 4.29. The van der Waals surface area contributed by atoms with Gasteiger partial charge in [-0.25, -0.2) is 0 Å². The van der Waals surface area contributed by atoms with Crippen molar-refractivity contribution in [3.8, 4) is 0 Å². The fourth-order valence-electron chi connectivity index (χ4n) is 0.365. The van der Waals surface area contributed by atoms with E-state index < -0.39 is 0 Å². The molecule has 0 aliphatic carbocycles. The first-order valence-corrected chi connectivity index (χ1v) is 3.13. The summed E-state index contributed by atoms with van der Waals surface area (Å²) in [7, 11) is 0. The molecular formula is C5H6S. The second-order valence-electron chi connectivity index (χ2n) is 1.11. The molecule has 0 amide bonds. The van der Waals surface area contributed by atoms with Gasteiger partial charge < -0.3 is 0 Å². The average Bonchev–Trinajstić information content (AvgIpc) is 1.72. The third kappa shape index (κ3) is 0.925. The Morgan fingerprint density at radius 3 is 2.17 bits per heavy atom. The molecule has 0 unspecified atom stereocenters. The summed E-state index contributed by atoms with van der Waals surface area (Å²) in [5, 5.41) is 0. The molecule has 1 heteroatoms. The minimum absolute atomic E-state index is 1.15. The largest absolute Gasteiger partial charge is 0.152 e. The summed E-state index contributed by atoms with van der Waals surface area (Å²) >= 11 is 1.92. The lowest BCUT2D eigenvalue weighted by molar-refractivity contribution is 1.66. The van der Waals surface area contributed by atoms with Crippen LogP contribution in [0.1, 0.15) is 0 Å². The Kier molecular flexibility index (Phi) is 1.43. The van der Waals surface area contributed by atoms with Crippen molar-refractivity contribution in [3.63, 3.8) is 0 Å². The van der Waals surface area contributed by atoms with Crippen molar-refractivity contribution in [1.82, 2.24) is 0 Å². The molecule has 0 atom stereocenters. The molecule has 6 heavy (non-hydrogen) atoms. The topological polar surface area (TPSA) is 0 Å². The maximum atomic E-state index is 3.01. The van der Waals surface area contributed by atoms with Gasteiger partial charge in [0.1, 0.15) is 0 Å². The minimum Gasteiger partial charge on any atom is -0.152 e. The van der Waals surface area contributed by atoms with Gasteiger partial charge in [0.15, 0.2) is 0 Å². The Balaban J connectivity index is 2.53. The van der Waals surface area contributed by atoms with Crippen LogP contribution in [0, 0.1) is 0 Å². The molecule has 0 saturated heterocycles. The van der Waals surface area contributed by atoms with Gasteiger partial charge >= 0.3 is 0 Å². The van der Waals surface area contributed by atoms with E-state index in [-0.39, 0.29) is 0 Å². The fourth-order valence-corrected chi connectivity index (χ4v) is 0.930. The summed E-state index contributed by atoms with van der Waals surface area (Å²) < 4.78 is 0. The summed E-state index contributed by atoms with van der Waals surface area (Å²) in [5.41, 5.74) is 3.01. The minimum atomic E-state index is 1.15. The highest BCUT2D eigenvalue weighted by Crippen LogP contribution is 2.02. The lowest BCUT2D eigenvalue weighted by Crippen LogP contribution is -1.76. The van der Waals surface area contributed by atoms with E-state index in [0.717, 1.165) is 11.5 Å². The van der Waals surface area contributed by atoms with E-state index >= 15 is 0 Å². The standard InChI is InChI=1S/C5H6S/c1-2-4-6-5-3-1/h2-3H,4-5H2. The van der Waals surface area contributed by atoms with E-state index in [2.05, 4.69) is 5.73 Å². The SMILES string of the molecule is C1=CCSCC=1. The molecule has 32 valence electrons. The first-order chi connectivity index (χ1) is 3.00. The first-order valence-electron chi connectivity index (χ1n) is 1.97. The van der Waals surface area contributed by atoms with Gasteiger partial charge in [-0.2, -0.15) is 11.8 Å². The van der Waals surface area contributed by atoms with Crippen LogP contribution in [-0.4, -0.2) is 11.5 Å². The lowest BCUT2D eigenvalue weighted by atomic mass is 10.6. The zero-order chi connectivity index (χ0) is 4.24. The van der Waals surface area contributed by atoms with Gasteiger partial charge in [0.25, 0.3) is 0 Å². The summed E-state index contributed by atoms with van der Waals surface area (Å²) in [6, 6.07) is 0. The Morgan fingerprint density at radius 2 is 2.00 bits per heavy atom. The van der Waals surface area contributed by atoms with Gasteiger partial charge in [-0.3, -0.25) is 0 Å². The average molecular weight is 98.2 g/mol. The number of hydrogen-bond donors (Lipinski definition) is 0. The van der Waals surface area contributed by atoms with Crippen LogP contribution in [0.2, 0.25) is 0 Å². The molecule has 0 radical (unpaired) electrons. The van der Waals surface area contributed by atoms with Crippen LogP contribution in [0.3, 0.4) is 0 Å². The third-order valence-electron chi connectivity index (χ3n) is 0.638. The smallest absolute Gasteiger partial charge is 0.0192 e. The Bertz CT molecular complexity index is 80.1. The molecule has 0 bridgehead atoms. The predicted molar refractivity (Wildman–Crippen MR) is 30.0 cm³/mol. The van der Waals surface area contributed by atoms with Gasteiger partial charge in [-0.05, 0) is 12.2 Å². The van der Waals surface area contributed by atoms with Crippen LogP contribution < -0.4 is 0 Å². The quantitative estimate of drug-likeness (QED) is 0.413. The Hall–Kier alpha value is -0.130. The van der Waals surface area contributed by atoms with Crippen molar-refractivity contribution in [2.45, 2.75) is 0 Å².